The number of carbonyl (C=O) groups excluding carboxylic acids is 1. The predicted molar refractivity (Wildman–Crippen MR) is 124 cm³/mol. The van der Waals surface area contributed by atoms with Gasteiger partial charge in [0.1, 0.15) is 5.75 Å². The van der Waals surface area contributed by atoms with E-state index >= 15 is 0 Å². The molecule has 0 spiro atoms. The summed E-state index contributed by atoms with van der Waals surface area (Å²) in [6.07, 6.45) is -4.77. The van der Waals surface area contributed by atoms with Gasteiger partial charge in [-0.15, -0.1) is 25.6 Å². The summed E-state index contributed by atoms with van der Waals surface area (Å²) in [7, 11) is 0. The quantitative estimate of drug-likeness (QED) is 0.480. The maximum absolute atomic E-state index is 13.4. The number of benzene rings is 2. The fourth-order valence-electron chi connectivity index (χ4n) is 3.49. The lowest BCUT2D eigenvalue weighted by molar-refractivity contribution is -0.274. The van der Waals surface area contributed by atoms with Crippen molar-refractivity contribution in [1.82, 2.24) is 9.88 Å². The zero-order valence-electron chi connectivity index (χ0n) is 17.8. The molecule has 0 bridgehead atoms. The first kappa shape index (κ1) is 25.2. The lowest BCUT2D eigenvalue weighted by Gasteiger charge is -2.29. The zero-order chi connectivity index (χ0) is 22.7. The molecule has 1 aliphatic rings. The molecule has 0 atom stereocenters. The van der Waals surface area contributed by atoms with E-state index in [4.69, 9.17) is 4.74 Å². The maximum Gasteiger partial charge on any atom is 0.573 e. The van der Waals surface area contributed by atoms with E-state index in [2.05, 4.69) is 14.6 Å². The highest BCUT2D eigenvalue weighted by molar-refractivity contribution is 7.22. The van der Waals surface area contributed by atoms with E-state index in [0.717, 1.165) is 30.0 Å². The van der Waals surface area contributed by atoms with Gasteiger partial charge >= 0.3 is 6.36 Å². The first-order chi connectivity index (χ1) is 15.3. The Balaban J connectivity index is 0.00000306. The lowest BCUT2D eigenvalue weighted by atomic mass is 10.1. The largest absolute Gasteiger partial charge is 0.573 e. The highest BCUT2D eigenvalue weighted by atomic mass is 35.5. The Bertz CT molecular complexity index is 1100. The summed E-state index contributed by atoms with van der Waals surface area (Å²) in [5, 5.41) is 0.434. The van der Waals surface area contributed by atoms with Crippen LogP contribution in [0.25, 0.3) is 10.2 Å². The first-order valence-corrected chi connectivity index (χ1v) is 11.0. The molecule has 1 fully saturated rings. The van der Waals surface area contributed by atoms with Crippen LogP contribution in [0.1, 0.15) is 15.9 Å². The SMILES string of the molecule is Cc1cccc(C(=O)N(CCN2CCOCC2)c2nc3ccc(OC(F)(F)F)cc3s2)c1.Cl. The molecular formula is C22H23ClF3N3O3S. The summed E-state index contributed by atoms with van der Waals surface area (Å²) in [5.41, 5.74) is 2.00. The summed E-state index contributed by atoms with van der Waals surface area (Å²) in [5.74, 6) is -0.516. The second-order valence-corrected chi connectivity index (χ2v) is 8.46. The molecule has 0 N–H and O–H groups in total. The third-order valence-electron chi connectivity index (χ3n) is 5.07. The van der Waals surface area contributed by atoms with Crippen LogP contribution in [0.2, 0.25) is 0 Å². The zero-order valence-corrected chi connectivity index (χ0v) is 19.4. The van der Waals surface area contributed by atoms with Crippen LogP contribution in [0.4, 0.5) is 18.3 Å². The number of fused-ring (bicyclic) bond motifs is 1. The summed E-state index contributed by atoms with van der Waals surface area (Å²) in [6, 6.07) is 11.3. The number of hydrogen-bond acceptors (Lipinski definition) is 6. The molecule has 0 saturated carbocycles. The molecule has 2 heterocycles. The average molecular weight is 502 g/mol. The smallest absolute Gasteiger partial charge is 0.406 e. The Morgan fingerprint density at radius 2 is 1.97 bits per heavy atom. The van der Waals surface area contributed by atoms with Gasteiger partial charge in [0, 0.05) is 37.8 Å². The van der Waals surface area contributed by atoms with Crippen molar-refractivity contribution in [1.29, 1.82) is 0 Å². The van der Waals surface area contributed by atoms with E-state index < -0.39 is 6.36 Å². The second-order valence-electron chi connectivity index (χ2n) is 7.45. The van der Waals surface area contributed by atoms with E-state index in [-0.39, 0.29) is 24.1 Å². The minimum Gasteiger partial charge on any atom is -0.406 e. The van der Waals surface area contributed by atoms with Crippen LogP contribution in [0.15, 0.2) is 42.5 Å². The molecule has 2 aromatic carbocycles. The van der Waals surface area contributed by atoms with E-state index in [0.29, 0.717) is 47.2 Å². The summed E-state index contributed by atoms with van der Waals surface area (Å²) in [6.45, 7) is 5.81. The molecule has 3 aromatic rings. The van der Waals surface area contributed by atoms with Crippen molar-refractivity contribution in [2.45, 2.75) is 13.3 Å². The maximum atomic E-state index is 13.4. The van der Waals surface area contributed by atoms with Crippen LogP contribution in [0.5, 0.6) is 5.75 Å². The molecule has 11 heteroatoms. The number of halogens is 4. The number of thiazole rings is 1. The van der Waals surface area contributed by atoms with Crippen molar-refractivity contribution in [3.8, 4) is 5.75 Å². The summed E-state index contributed by atoms with van der Waals surface area (Å²) < 4.78 is 47.6. The van der Waals surface area contributed by atoms with E-state index in [1.54, 1.807) is 11.0 Å². The van der Waals surface area contributed by atoms with E-state index in [1.807, 2.05) is 25.1 Å². The fraction of sp³-hybridized carbons (Fsp3) is 0.364. The van der Waals surface area contributed by atoms with Crippen LogP contribution in [0, 0.1) is 6.92 Å². The fourth-order valence-corrected chi connectivity index (χ4v) is 4.51. The summed E-state index contributed by atoms with van der Waals surface area (Å²) >= 11 is 1.16. The van der Waals surface area contributed by atoms with Crippen molar-refractivity contribution in [2.75, 3.05) is 44.3 Å². The number of anilines is 1. The Hall–Kier alpha value is -2.40. The van der Waals surface area contributed by atoms with Gasteiger partial charge in [0.15, 0.2) is 5.13 Å². The van der Waals surface area contributed by atoms with E-state index in [9.17, 15) is 18.0 Å². The molecule has 1 aromatic heterocycles. The number of aromatic nitrogens is 1. The summed E-state index contributed by atoms with van der Waals surface area (Å²) in [4.78, 5) is 21.7. The number of ether oxygens (including phenoxy) is 2. The topological polar surface area (TPSA) is 54.9 Å². The number of nitrogens with zero attached hydrogens (tertiary/aromatic N) is 3. The molecule has 0 unspecified atom stereocenters. The van der Waals surface area contributed by atoms with Crippen LogP contribution < -0.4 is 9.64 Å². The number of rotatable bonds is 6. The molecule has 1 amide bonds. The number of alkyl halides is 3. The molecule has 6 nitrogen and oxygen atoms in total. The standard InChI is InChI=1S/C22H22F3N3O3S.ClH/c1-15-3-2-4-16(13-15)20(29)28(8-7-27-9-11-30-12-10-27)21-26-18-6-5-17(14-19(18)32-21)31-22(23,24)25;/h2-6,13-14H,7-12H2,1H3;1H. The van der Waals surface area contributed by atoms with Gasteiger partial charge in [-0.2, -0.15) is 0 Å². The van der Waals surface area contributed by atoms with Crippen LogP contribution >= 0.6 is 23.7 Å². The van der Waals surface area contributed by atoms with Crippen LogP contribution in [0.3, 0.4) is 0 Å². The number of carbonyl (C=O) groups is 1. The first-order valence-electron chi connectivity index (χ1n) is 10.1. The Kier molecular flexibility index (Phi) is 8.17. The Morgan fingerprint density at radius 1 is 1.21 bits per heavy atom. The molecule has 0 aliphatic carbocycles. The second kappa shape index (κ2) is 10.7. The Labute approximate surface area is 199 Å². The number of hydrogen-bond donors (Lipinski definition) is 0. The number of aryl methyl sites for hydroxylation is 1. The van der Waals surface area contributed by atoms with Crippen LogP contribution in [-0.2, 0) is 4.74 Å². The van der Waals surface area contributed by atoms with Crippen molar-refractivity contribution in [3.63, 3.8) is 0 Å². The predicted octanol–water partition coefficient (Wildman–Crippen LogP) is 4.90. The van der Waals surface area contributed by atoms with Gasteiger partial charge in [0.25, 0.3) is 5.91 Å². The lowest BCUT2D eigenvalue weighted by Crippen LogP contribution is -2.43. The van der Waals surface area contributed by atoms with Gasteiger partial charge in [-0.3, -0.25) is 14.6 Å². The van der Waals surface area contributed by atoms with Crippen LogP contribution in [-0.4, -0.2) is 61.5 Å². The van der Waals surface area contributed by atoms with Crippen molar-refractivity contribution in [2.24, 2.45) is 0 Å². The average Bonchev–Trinajstić information content (AvgIpc) is 3.16. The molecule has 1 saturated heterocycles. The third-order valence-corrected chi connectivity index (χ3v) is 6.11. The number of morpholine rings is 1. The highest BCUT2D eigenvalue weighted by Crippen LogP contribution is 2.34. The van der Waals surface area contributed by atoms with Gasteiger partial charge in [0.05, 0.1) is 23.4 Å². The molecule has 0 radical (unpaired) electrons. The molecular weight excluding hydrogens is 479 g/mol. The normalized spacial score (nSPS) is 14.7. The minimum atomic E-state index is -4.77. The van der Waals surface area contributed by atoms with Gasteiger partial charge < -0.3 is 9.47 Å². The van der Waals surface area contributed by atoms with Gasteiger partial charge in [-0.05, 0) is 31.2 Å². The molecule has 4 rings (SSSR count). The van der Waals surface area contributed by atoms with Gasteiger partial charge in [0.2, 0.25) is 0 Å². The van der Waals surface area contributed by atoms with Gasteiger partial charge in [-0.1, -0.05) is 29.0 Å². The van der Waals surface area contributed by atoms with Crippen molar-refractivity contribution < 1.29 is 27.4 Å². The highest BCUT2D eigenvalue weighted by Gasteiger charge is 2.31. The number of amides is 1. The molecule has 33 heavy (non-hydrogen) atoms. The third kappa shape index (κ3) is 6.57. The van der Waals surface area contributed by atoms with Gasteiger partial charge in [-0.25, -0.2) is 4.98 Å². The van der Waals surface area contributed by atoms with Crippen molar-refractivity contribution >= 4 is 45.0 Å². The minimum absolute atomic E-state index is 0. The molecule has 178 valence electrons. The van der Waals surface area contributed by atoms with Crippen molar-refractivity contribution in [3.05, 3.63) is 53.6 Å². The van der Waals surface area contributed by atoms with E-state index in [1.165, 1.54) is 18.2 Å². The molecule has 1 aliphatic heterocycles. The Morgan fingerprint density at radius 3 is 2.67 bits per heavy atom. The monoisotopic (exact) mass is 501 g/mol.